The molecule has 2 aliphatic rings. The molecule has 0 saturated heterocycles. The number of hydrogen-bond acceptors (Lipinski definition) is 10. The maximum absolute atomic E-state index is 13.3. The van der Waals surface area contributed by atoms with E-state index >= 15 is 0 Å². The van der Waals surface area contributed by atoms with E-state index in [4.69, 9.17) is 18.9 Å². The minimum Gasteiger partial charge on any atom is -1.00 e. The van der Waals surface area contributed by atoms with E-state index in [9.17, 15) is 19.2 Å². The maximum atomic E-state index is 13.3. The Hall–Kier alpha value is -4.71. The van der Waals surface area contributed by atoms with Crippen molar-refractivity contribution in [3.05, 3.63) is 69.3 Å². The van der Waals surface area contributed by atoms with Gasteiger partial charge in [0.1, 0.15) is 22.3 Å². The number of fused-ring (bicyclic) bond motifs is 8. The molecule has 0 atom stereocenters. The van der Waals surface area contributed by atoms with Crippen molar-refractivity contribution in [1.29, 1.82) is 0 Å². The molecule has 0 aromatic carbocycles. The summed E-state index contributed by atoms with van der Waals surface area (Å²) in [5.74, 6) is -2.64. The van der Waals surface area contributed by atoms with Gasteiger partial charge < -0.3 is 41.3 Å². The van der Waals surface area contributed by atoms with Gasteiger partial charge in [0.25, 0.3) is 0 Å². The van der Waals surface area contributed by atoms with E-state index < -0.39 is 23.9 Å². The number of nitrogens with one attached hydrogen (secondary N) is 2. The Bertz CT molecular complexity index is 1790. The molecule has 0 fully saturated rings. The van der Waals surface area contributed by atoms with Crippen LogP contribution in [-0.4, -0.2) is 70.2 Å². The van der Waals surface area contributed by atoms with Crippen LogP contribution in [0.1, 0.15) is 91.9 Å². The van der Waals surface area contributed by atoms with Crippen molar-refractivity contribution in [2.75, 3.05) is 26.4 Å². The average molecular weight is 689 g/mol. The van der Waals surface area contributed by atoms with Crippen LogP contribution in [0.4, 0.5) is 0 Å². The number of aromatic nitrogens is 4. The van der Waals surface area contributed by atoms with E-state index in [0.29, 0.717) is 22.1 Å². The van der Waals surface area contributed by atoms with Crippen molar-refractivity contribution in [3.63, 3.8) is 0 Å². The number of esters is 4. The van der Waals surface area contributed by atoms with Gasteiger partial charge in [-0.15, -0.1) is 0 Å². The predicted octanol–water partition coefficient (Wildman–Crippen LogP) is 2.36. The molecule has 3 aromatic heterocycles. The third-order valence-electron chi connectivity index (χ3n) is 6.67. The number of carbonyl (C=O) groups excluding carboxylic acids is 4. The molecular weight excluding hydrogens is 659 g/mol. The standard InChI is InChI=1S/C32H30N4O8.ClH.Mn/c1-5-41-29(37)25-17-9-11-19(33-17)26(30(38)42-6-2)21-13-15-23(35-21)28(32(40)44-8-4)24-16-14-22(36-24)27(31(39)43-7-3)20-12-10-18(25)34-20;;/h9-16,33-34H,5-8H2,1-4H3;1H;/p-1. The summed E-state index contributed by atoms with van der Waals surface area (Å²) in [5.41, 5.74) is 2.46. The number of aromatic amines is 2. The summed E-state index contributed by atoms with van der Waals surface area (Å²) in [6.07, 6.45) is 6.29. The molecular formula is C32H30ClMnN4O8-. The zero-order chi connectivity index (χ0) is 31.4. The van der Waals surface area contributed by atoms with Gasteiger partial charge >= 0.3 is 23.9 Å². The number of hydrogen-bond donors (Lipinski definition) is 2. The fraction of sp³-hybridized carbons (Fsp3) is 0.250. The fourth-order valence-corrected chi connectivity index (χ4v) is 4.88. The average Bonchev–Trinajstić information content (AvgIpc) is 3.80. The van der Waals surface area contributed by atoms with Gasteiger partial charge in [-0.25, -0.2) is 29.1 Å². The number of H-pyrrole nitrogens is 2. The van der Waals surface area contributed by atoms with Crippen LogP contribution in [0.3, 0.4) is 0 Å². The van der Waals surface area contributed by atoms with Crippen LogP contribution < -0.4 is 12.4 Å². The van der Waals surface area contributed by atoms with Crippen molar-refractivity contribution < 1.29 is 67.6 Å². The van der Waals surface area contributed by atoms with E-state index in [0.717, 1.165) is 0 Å². The summed E-state index contributed by atoms with van der Waals surface area (Å²) in [7, 11) is 0. The molecule has 2 aliphatic heterocycles. The molecule has 12 nitrogen and oxygen atoms in total. The first-order chi connectivity index (χ1) is 21.3. The van der Waals surface area contributed by atoms with Crippen molar-refractivity contribution in [1.82, 2.24) is 19.9 Å². The number of ether oxygens (including phenoxy) is 4. The molecule has 46 heavy (non-hydrogen) atoms. The molecule has 8 bridgehead atoms. The molecule has 5 rings (SSSR count). The zero-order valence-corrected chi connectivity index (χ0v) is 27.3. The summed E-state index contributed by atoms with van der Waals surface area (Å²) >= 11 is 0. The molecule has 2 N–H and O–H groups in total. The Kier molecular flexibility index (Phi) is 12.1. The second kappa shape index (κ2) is 15.5. The summed E-state index contributed by atoms with van der Waals surface area (Å²) in [6, 6.07) is 6.49. The van der Waals surface area contributed by atoms with Gasteiger partial charge in [-0.05, 0) is 76.3 Å². The summed E-state index contributed by atoms with van der Waals surface area (Å²) < 4.78 is 21.4. The van der Waals surface area contributed by atoms with Crippen LogP contribution in [0.15, 0.2) is 24.3 Å². The predicted molar refractivity (Wildman–Crippen MR) is 163 cm³/mol. The Morgan fingerprint density at radius 3 is 1.09 bits per heavy atom. The molecule has 1 radical (unpaired) electrons. The Labute approximate surface area is 280 Å². The molecule has 14 heteroatoms. The Morgan fingerprint density at radius 2 is 0.761 bits per heavy atom. The summed E-state index contributed by atoms with van der Waals surface area (Å²) in [6.45, 7) is 7.15. The molecule has 5 heterocycles. The van der Waals surface area contributed by atoms with Crippen molar-refractivity contribution in [3.8, 4) is 0 Å². The summed E-state index contributed by atoms with van der Waals surface area (Å²) in [4.78, 5) is 68.5. The quantitative estimate of drug-likeness (QED) is 0.141. The zero-order valence-electron chi connectivity index (χ0n) is 25.4. The van der Waals surface area contributed by atoms with Gasteiger partial charge in [0.15, 0.2) is 0 Å². The molecule has 0 aliphatic carbocycles. The first-order valence-electron chi connectivity index (χ1n) is 14.2. The largest absolute Gasteiger partial charge is 1.00 e. The first kappa shape index (κ1) is 35.8. The van der Waals surface area contributed by atoms with Gasteiger partial charge in [0.2, 0.25) is 0 Å². The SMILES string of the molecule is CCOC(=O)c1c2nc(c(C(=O)OCC)c3ccc([nH]3)c(C(=O)OCC)c3ccc([nH]3)c(C(=O)OCC)c3nc1C=C3)C=C2.[Cl-].[Mn]. The fourth-order valence-electron chi connectivity index (χ4n) is 4.88. The van der Waals surface area contributed by atoms with E-state index in [1.807, 2.05) is 0 Å². The van der Waals surface area contributed by atoms with Gasteiger partial charge in [0.05, 0.1) is 71.3 Å². The Morgan fingerprint density at radius 1 is 0.500 bits per heavy atom. The van der Waals surface area contributed by atoms with Crippen LogP contribution in [0.2, 0.25) is 0 Å². The minimum absolute atomic E-state index is 0. The van der Waals surface area contributed by atoms with Crippen LogP contribution >= 0.6 is 0 Å². The second-order valence-corrected chi connectivity index (χ2v) is 9.38. The van der Waals surface area contributed by atoms with Gasteiger partial charge in [-0.1, -0.05) is 0 Å². The molecule has 0 unspecified atom stereocenters. The molecule has 241 valence electrons. The maximum Gasteiger partial charge on any atom is 0.342 e. The van der Waals surface area contributed by atoms with E-state index in [1.54, 1.807) is 76.3 Å². The molecule has 3 aromatic rings. The molecule has 0 saturated carbocycles. The topological polar surface area (TPSA) is 163 Å². The first-order valence-corrected chi connectivity index (χ1v) is 14.2. The van der Waals surface area contributed by atoms with Crippen LogP contribution in [-0.2, 0) is 36.0 Å². The number of halogens is 1. The van der Waals surface area contributed by atoms with Crippen LogP contribution in [0, 0.1) is 0 Å². The van der Waals surface area contributed by atoms with E-state index in [1.165, 1.54) is 0 Å². The number of nitrogens with zero attached hydrogens (tertiary/aromatic N) is 2. The smallest absolute Gasteiger partial charge is 0.342 e. The van der Waals surface area contributed by atoms with E-state index in [-0.39, 0.29) is 101 Å². The normalized spacial score (nSPS) is 11.2. The minimum atomic E-state index is -0.684. The van der Waals surface area contributed by atoms with Crippen LogP contribution in [0.25, 0.3) is 46.4 Å². The third kappa shape index (κ3) is 6.91. The monoisotopic (exact) mass is 688 g/mol. The van der Waals surface area contributed by atoms with Gasteiger partial charge in [-0.2, -0.15) is 0 Å². The third-order valence-corrected chi connectivity index (χ3v) is 6.67. The van der Waals surface area contributed by atoms with Crippen molar-refractivity contribution in [2.45, 2.75) is 27.7 Å². The van der Waals surface area contributed by atoms with Crippen LogP contribution in [0.5, 0.6) is 0 Å². The number of carbonyl (C=O) groups is 4. The Balaban J connectivity index is 0.00000288. The van der Waals surface area contributed by atoms with Crippen molar-refractivity contribution in [2.24, 2.45) is 0 Å². The van der Waals surface area contributed by atoms with Gasteiger partial charge in [-0.3, -0.25) is 0 Å². The molecule has 0 spiro atoms. The van der Waals surface area contributed by atoms with Gasteiger partial charge in [0, 0.05) is 17.1 Å². The number of rotatable bonds is 8. The van der Waals surface area contributed by atoms with E-state index in [2.05, 4.69) is 19.9 Å². The van der Waals surface area contributed by atoms with Crippen molar-refractivity contribution >= 4 is 70.2 Å². The second-order valence-electron chi connectivity index (χ2n) is 9.38. The molecule has 0 amide bonds. The summed E-state index contributed by atoms with van der Waals surface area (Å²) in [5, 5.41) is 0.